The van der Waals surface area contributed by atoms with Crippen molar-refractivity contribution in [3.8, 4) is 0 Å². The number of aliphatic hydroxyl groups excluding tert-OH is 1. The molecule has 2 aliphatic rings. The van der Waals surface area contributed by atoms with Crippen LogP contribution in [-0.4, -0.2) is 35.2 Å². The number of hydrogen-bond acceptors (Lipinski definition) is 3. The summed E-state index contributed by atoms with van der Waals surface area (Å²) >= 11 is 12.2. The fourth-order valence-electron chi connectivity index (χ4n) is 3.55. The first-order chi connectivity index (χ1) is 10.5. The van der Waals surface area contributed by atoms with Gasteiger partial charge in [0.25, 0.3) is 0 Å². The minimum atomic E-state index is -0.142. The molecule has 1 saturated heterocycles. The molecule has 3 nitrogen and oxygen atoms in total. The van der Waals surface area contributed by atoms with Crippen molar-refractivity contribution in [2.75, 3.05) is 13.1 Å². The number of aliphatic hydroxyl groups is 1. The molecule has 1 aliphatic heterocycles. The summed E-state index contributed by atoms with van der Waals surface area (Å²) in [7, 11) is 0. The van der Waals surface area contributed by atoms with Gasteiger partial charge in [0.15, 0.2) is 0 Å². The van der Waals surface area contributed by atoms with Gasteiger partial charge in [-0.2, -0.15) is 0 Å². The van der Waals surface area contributed by atoms with E-state index in [-0.39, 0.29) is 12.1 Å². The van der Waals surface area contributed by atoms with E-state index in [1.165, 1.54) is 12.8 Å². The van der Waals surface area contributed by atoms with Crippen molar-refractivity contribution in [2.45, 2.75) is 44.4 Å². The van der Waals surface area contributed by atoms with Gasteiger partial charge in [-0.3, -0.25) is 4.90 Å². The molecule has 1 aliphatic carbocycles. The molecule has 5 heteroatoms. The molecule has 1 saturated carbocycles. The number of hydrogen-bond donors (Lipinski definition) is 2. The third-order valence-electron chi connectivity index (χ3n) is 4.80. The number of rotatable bonds is 5. The van der Waals surface area contributed by atoms with Crippen LogP contribution in [-0.2, 0) is 6.54 Å². The number of nitrogens with zero attached hydrogens (tertiary/aromatic N) is 1. The van der Waals surface area contributed by atoms with Gasteiger partial charge >= 0.3 is 0 Å². The standard InChI is InChI=1S/C17H24Cl2N2O/c18-14-4-3-13(16(19)7-14)9-21-8-11(5-15(20)10-21)6-17(22)12-1-2-12/h3-4,7,11-12,15,17,22H,1-2,5-6,8-10,20H2. The molecule has 3 N–H and O–H groups in total. The highest BCUT2D eigenvalue weighted by Crippen LogP contribution is 2.36. The van der Waals surface area contributed by atoms with E-state index in [4.69, 9.17) is 28.9 Å². The van der Waals surface area contributed by atoms with Crippen molar-refractivity contribution >= 4 is 23.2 Å². The minimum Gasteiger partial charge on any atom is -0.393 e. The number of likely N-dealkylation sites (tertiary alicyclic amines) is 1. The van der Waals surface area contributed by atoms with Crippen LogP contribution in [0, 0.1) is 11.8 Å². The lowest BCUT2D eigenvalue weighted by atomic mass is 9.88. The van der Waals surface area contributed by atoms with Gasteiger partial charge in [0.05, 0.1) is 6.10 Å². The number of piperidine rings is 1. The molecule has 0 amide bonds. The normalized spacial score (nSPS) is 27.8. The van der Waals surface area contributed by atoms with E-state index < -0.39 is 0 Å². The van der Waals surface area contributed by atoms with Gasteiger partial charge in [0.1, 0.15) is 0 Å². The molecule has 22 heavy (non-hydrogen) atoms. The lowest BCUT2D eigenvalue weighted by Crippen LogP contribution is -2.47. The van der Waals surface area contributed by atoms with Gasteiger partial charge in [-0.15, -0.1) is 0 Å². The molecule has 0 bridgehead atoms. The lowest BCUT2D eigenvalue weighted by Gasteiger charge is -2.37. The Hall–Kier alpha value is -0.320. The van der Waals surface area contributed by atoms with Crippen molar-refractivity contribution in [3.63, 3.8) is 0 Å². The summed E-state index contributed by atoms with van der Waals surface area (Å²) < 4.78 is 0. The van der Waals surface area contributed by atoms with Gasteiger partial charge in [-0.05, 0) is 55.2 Å². The van der Waals surface area contributed by atoms with Gasteiger partial charge in [0.2, 0.25) is 0 Å². The Morgan fingerprint density at radius 3 is 2.73 bits per heavy atom. The number of halogens is 2. The Balaban J connectivity index is 1.60. The predicted octanol–water partition coefficient (Wildman–Crippen LogP) is 3.30. The number of benzene rings is 1. The smallest absolute Gasteiger partial charge is 0.0571 e. The minimum absolute atomic E-state index is 0.142. The first-order valence-corrected chi connectivity index (χ1v) is 8.87. The molecule has 122 valence electrons. The Morgan fingerprint density at radius 1 is 1.27 bits per heavy atom. The van der Waals surface area contributed by atoms with Gasteiger partial charge in [-0.1, -0.05) is 29.3 Å². The van der Waals surface area contributed by atoms with Crippen LogP contribution < -0.4 is 5.73 Å². The highest BCUT2D eigenvalue weighted by atomic mass is 35.5. The highest BCUT2D eigenvalue weighted by molar-refractivity contribution is 6.35. The Kier molecular flexibility index (Phi) is 5.31. The Morgan fingerprint density at radius 2 is 2.05 bits per heavy atom. The summed E-state index contributed by atoms with van der Waals surface area (Å²) in [6.07, 6.45) is 4.11. The maximum atomic E-state index is 10.2. The van der Waals surface area contributed by atoms with Crippen LogP contribution in [0.1, 0.15) is 31.2 Å². The van der Waals surface area contributed by atoms with E-state index in [0.29, 0.717) is 21.9 Å². The largest absolute Gasteiger partial charge is 0.393 e. The van der Waals surface area contributed by atoms with Crippen LogP contribution in [0.15, 0.2) is 18.2 Å². The molecule has 2 fully saturated rings. The van der Waals surface area contributed by atoms with Crippen molar-refractivity contribution in [3.05, 3.63) is 33.8 Å². The van der Waals surface area contributed by atoms with Crippen LogP contribution in [0.25, 0.3) is 0 Å². The Labute approximate surface area is 142 Å². The quantitative estimate of drug-likeness (QED) is 0.862. The maximum Gasteiger partial charge on any atom is 0.0571 e. The second-order valence-corrected chi connectivity index (χ2v) is 7.78. The van der Waals surface area contributed by atoms with Crippen LogP contribution in [0.3, 0.4) is 0 Å². The van der Waals surface area contributed by atoms with Crippen molar-refractivity contribution < 1.29 is 5.11 Å². The third kappa shape index (κ3) is 4.36. The summed E-state index contributed by atoms with van der Waals surface area (Å²) in [5.41, 5.74) is 7.31. The summed E-state index contributed by atoms with van der Waals surface area (Å²) in [6, 6.07) is 5.83. The molecule has 3 atom stereocenters. The van der Waals surface area contributed by atoms with Gasteiger partial charge in [0, 0.05) is 35.7 Å². The zero-order valence-electron chi connectivity index (χ0n) is 12.7. The maximum absolute atomic E-state index is 10.2. The van der Waals surface area contributed by atoms with Crippen LogP contribution in [0.2, 0.25) is 10.0 Å². The molecule has 1 heterocycles. The molecule has 0 radical (unpaired) electrons. The summed E-state index contributed by atoms with van der Waals surface area (Å²) in [5, 5.41) is 11.6. The fourth-order valence-corrected chi connectivity index (χ4v) is 4.02. The number of nitrogens with two attached hydrogens (primary N) is 1. The molecular weight excluding hydrogens is 319 g/mol. The zero-order chi connectivity index (χ0) is 15.7. The lowest BCUT2D eigenvalue weighted by molar-refractivity contribution is 0.0781. The topological polar surface area (TPSA) is 49.5 Å². The molecule has 1 aromatic rings. The second kappa shape index (κ2) is 7.06. The van der Waals surface area contributed by atoms with Gasteiger partial charge in [-0.25, -0.2) is 0 Å². The van der Waals surface area contributed by atoms with E-state index >= 15 is 0 Å². The average molecular weight is 343 g/mol. The highest BCUT2D eigenvalue weighted by Gasteiger charge is 2.34. The summed E-state index contributed by atoms with van der Waals surface area (Å²) in [5.74, 6) is 1.02. The zero-order valence-corrected chi connectivity index (χ0v) is 14.2. The third-order valence-corrected chi connectivity index (χ3v) is 5.38. The average Bonchev–Trinajstić information content (AvgIpc) is 3.26. The van der Waals surface area contributed by atoms with Crippen molar-refractivity contribution in [1.82, 2.24) is 4.90 Å². The first-order valence-electron chi connectivity index (χ1n) is 8.11. The van der Waals surface area contributed by atoms with E-state index in [1.54, 1.807) is 6.07 Å². The van der Waals surface area contributed by atoms with E-state index in [1.807, 2.05) is 12.1 Å². The van der Waals surface area contributed by atoms with Crippen molar-refractivity contribution in [2.24, 2.45) is 17.6 Å². The van der Waals surface area contributed by atoms with Crippen molar-refractivity contribution in [1.29, 1.82) is 0 Å². The van der Waals surface area contributed by atoms with E-state index in [0.717, 1.165) is 38.0 Å². The Bertz CT molecular complexity index is 521. The molecular formula is C17H24Cl2N2O. The summed E-state index contributed by atoms with van der Waals surface area (Å²) in [4.78, 5) is 2.35. The van der Waals surface area contributed by atoms with Crippen LogP contribution >= 0.6 is 23.2 Å². The van der Waals surface area contributed by atoms with Gasteiger partial charge < -0.3 is 10.8 Å². The summed E-state index contributed by atoms with van der Waals surface area (Å²) in [6.45, 7) is 2.66. The van der Waals surface area contributed by atoms with E-state index in [2.05, 4.69) is 4.90 Å². The van der Waals surface area contributed by atoms with E-state index in [9.17, 15) is 5.11 Å². The second-order valence-electron chi connectivity index (χ2n) is 6.93. The van der Waals surface area contributed by atoms with Crippen LogP contribution in [0.4, 0.5) is 0 Å². The fraction of sp³-hybridized carbons (Fsp3) is 0.647. The molecule has 3 rings (SSSR count). The predicted molar refractivity (Wildman–Crippen MR) is 91.2 cm³/mol. The molecule has 3 unspecified atom stereocenters. The first kappa shape index (κ1) is 16.5. The SMILES string of the molecule is NC1CC(CC(O)C2CC2)CN(Cc2ccc(Cl)cc2Cl)C1. The van der Waals surface area contributed by atoms with Crippen LogP contribution in [0.5, 0.6) is 0 Å². The molecule has 1 aromatic carbocycles. The molecule has 0 spiro atoms. The monoisotopic (exact) mass is 342 g/mol. The molecule has 0 aromatic heterocycles.